The van der Waals surface area contributed by atoms with E-state index in [1.165, 1.54) is 0 Å². The average Bonchev–Trinajstić information content (AvgIpc) is 2.96. The predicted molar refractivity (Wildman–Crippen MR) is 87.8 cm³/mol. The molecule has 6 heteroatoms. The van der Waals surface area contributed by atoms with Crippen LogP contribution >= 0.6 is 11.8 Å². The van der Waals surface area contributed by atoms with E-state index in [2.05, 4.69) is 15.5 Å². The number of thioether (sulfide) groups is 1. The first-order chi connectivity index (χ1) is 10.4. The van der Waals surface area contributed by atoms with E-state index >= 15 is 0 Å². The lowest BCUT2D eigenvalue weighted by Gasteiger charge is -2.10. The molecule has 22 heavy (non-hydrogen) atoms. The Kier molecular flexibility index (Phi) is 5.24. The van der Waals surface area contributed by atoms with Crippen molar-refractivity contribution in [1.29, 1.82) is 0 Å². The molecule has 5 nitrogen and oxygen atoms in total. The summed E-state index contributed by atoms with van der Waals surface area (Å²) >= 11 is 1.68. The summed E-state index contributed by atoms with van der Waals surface area (Å²) in [5, 5.41) is 10.8. The van der Waals surface area contributed by atoms with Gasteiger partial charge in [-0.2, -0.15) is 0 Å². The molecule has 118 valence electrons. The van der Waals surface area contributed by atoms with E-state index in [4.69, 9.17) is 4.42 Å². The van der Waals surface area contributed by atoms with Crippen LogP contribution in [0.25, 0.3) is 0 Å². The van der Waals surface area contributed by atoms with Gasteiger partial charge in [0, 0.05) is 23.8 Å². The van der Waals surface area contributed by atoms with E-state index in [-0.39, 0.29) is 11.3 Å². The van der Waals surface area contributed by atoms with E-state index in [0.29, 0.717) is 23.1 Å². The first-order valence-electron chi connectivity index (χ1n) is 7.12. The van der Waals surface area contributed by atoms with Gasteiger partial charge in [-0.05, 0) is 17.7 Å². The van der Waals surface area contributed by atoms with Gasteiger partial charge in [0.2, 0.25) is 11.8 Å². The Bertz CT molecular complexity index is 647. The van der Waals surface area contributed by atoms with Crippen LogP contribution in [0.4, 0.5) is 0 Å². The van der Waals surface area contributed by atoms with Crippen LogP contribution < -0.4 is 5.32 Å². The zero-order chi connectivity index (χ0) is 16.2. The monoisotopic (exact) mass is 319 g/mol. The van der Waals surface area contributed by atoms with E-state index in [1.54, 1.807) is 24.9 Å². The number of nitrogens with one attached hydrogen (secondary N) is 1. The third kappa shape index (κ3) is 4.34. The van der Waals surface area contributed by atoms with Gasteiger partial charge in [-0.1, -0.05) is 32.9 Å². The van der Waals surface area contributed by atoms with Crippen LogP contribution in [-0.4, -0.2) is 23.2 Å². The molecule has 0 unspecified atom stereocenters. The van der Waals surface area contributed by atoms with Gasteiger partial charge in [0.15, 0.2) is 0 Å². The van der Waals surface area contributed by atoms with Crippen LogP contribution in [-0.2, 0) is 16.9 Å². The van der Waals surface area contributed by atoms with Crippen LogP contribution in [0.5, 0.6) is 0 Å². The van der Waals surface area contributed by atoms with Crippen LogP contribution in [0.3, 0.4) is 0 Å². The fourth-order valence-electron chi connectivity index (χ4n) is 1.82. The van der Waals surface area contributed by atoms with Crippen LogP contribution in [0.1, 0.15) is 48.5 Å². The Morgan fingerprint density at radius 2 is 2.05 bits per heavy atom. The number of rotatable bonds is 5. The van der Waals surface area contributed by atoms with Gasteiger partial charge in [-0.3, -0.25) is 4.79 Å². The predicted octanol–water partition coefficient (Wildman–Crippen LogP) is 3.16. The van der Waals surface area contributed by atoms with Gasteiger partial charge in [0.25, 0.3) is 5.91 Å². The smallest absolute Gasteiger partial charge is 0.251 e. The highest BCUT2D eigenvalue weighted by molar-refractivity contribution is 7.97. The van der Waals surface area contributed by atoms with Gasteiger partial charge < -0.3 is 9.73 Å². The molecule has 0 bridgehead atoms. The van der Waals surface area contributed by atoms with Crippen molar-refractivity contribution < 1.29 is 9.21 Å². The highest BCUT2D eigenvalue weighted by Crippen LogP contribution is 2.23. The molecule has 1 heterocycles. The number of amides is 1. The topological polar surface area (TPSA) is 68.0 Å². The van der Waals surface area contributed by atoms with Crippen molar-refractivity contribution >= 4 is 17.7 Å². The number of hydrogen-bond acceptors (Lipinski definition) is 5. The molecule has 0 radical (unpaired) electrons. The molecule has 0 spiro atoms. The first kappa shape index (κ1) is 16.5. The lowest BCUT2D eigenvalue weighted by atomic mass is 9.97. The van der Waals surface area contributed by atoms with Crippen LogP contribution in [0.2, 0.25) is 0 Å². The molecule has 0 aliphatic heterocycles. The van der Waals surface area contributed by atoms with Crippen molar-refractivity contribution in [3.8, 4) is 0 Å². The summed E-state index contributed by atoms with van der Waals surface area (Å²) in [6.45, 7) is 6.13. The molecule has 1 aromatic carbocycles. The van der Waals surface area contributed by atoms with Gasteiger partial charge >= 0.3 is 0 Å². The number of carbonyl (C=O) groups excluding carboxylic acids is 1. The number of aromatic nitrogens is 2. The third-order valence-electron chi connectivity index (χ3n) is 3.02. The maximum atomic E-state index is 11.6. The van der Waals surface area contributed by atoms with E-state index in [0.717, 1.165) is 11.3 Å². The summed E-state index contributed by atoms with van der Waals surface area (Å²) in [7, 11) is 1.63. The summed E-state index contributed by atoms with van der Waals surface area (Å²) in [6, 6.07) is 7.61. The first-order valence-corrected chi connectivity index (χ1v) is 8.27. The van der Waals surface area contributed by atoms with E-state index in [9.17, 15) is 4.79 Å². The van der Waals surface area contributed by atoms with Crippen molar-refractivity contribution in [3.05, 3.63) is 47.2 Å². The molecule has 2 rings (SSSR count). The van der Waals surface area contributed by atoms with Crippen LogP contribution in [0.15, 0.2) is 28.7 Å². The Morgan fingerprint density at radius 1 is 1.27 bits per heavy atom. The molecule has 0 saturated carbocycles. The molecule has 0 aliphatic carbocycles. The molecule has 1 amide bonds. The van der Waals surface area contributed by atoms with Gasteiger partial charge in [-0.25, -0.2) is 0 Å². The third-order valence-corrected chi connectivity index (χ3v) is 4.01. The summed E-state index contributed by atoms with van der Waals surface area (Å²) < 4.78 is 5.66. The molecule has 2 aromatic rings. The van der Waals surface area contributed by atoms with Gasteiger partial charge in [-0.15, -0.1) is 22.0 Å². The Morgan fingerprint density at radius 3 is 2.68 bits per heavy atom. The van der Waals surface area contributed by atoms with E-state index in [1.807, 2.05) is 39.0 Å². The summed E-state index contributed by atoms with van der Waals surface area (Å²) in [5.74, 6) is 2.67. The molecular weight excluding hydrogens is 298 g/mol. The lowest BCUT2D eigenvalue weighted by molar-refractivity contribution is 0.0963. The maximum Gasteiger partial charge on any atom is 0.251 e. The van der Waals surface area contributed by atoms with Crippen molar-refractivity contribution in [1.82, 2.24) is 15.5 Å². The highest BCUT2D eigenvalue weighted by Gasteiger charge is 2.21. The molecular formula is C16H21N3O2S. The molecule has 0 aliphatic rings. The molecule has 1 N–H and O–H groups in total. The number of nitrogens with zero attached hydrogens (tertiary/aromatic N) is 2. The number of benzene rings is 1. The molecule has 0 saturated heterocycles. The van der Waals surface area contributed by atoms with Crippen molar-refractivity contribution in [2.24, 2.45) is 0 Å². The summed E-state index contributed by atoms with van der Waals surface area (Å²) in [5.41, 5.74) is 1.65. The number of carbonyl (C=O) groups is 1. The average molecular weight is 319 g/mol. The fourth-order valence-corrected chi connectivity index (χ4v) is 2.63. The standard InChI is InChI=1S/C16H21N3O2S/c1-16(2,3)15-19-18-13(21-15)10-22-9-11-6-5-7-12(8-11)14(20)17-4/h5-8H,9-10H2,1-4H3,(H,17,20). The SMILES string of the molecule is CNC(=O)c1cccc(CSCc2nnc(C(C)(C)C)o2)c1. The second-order valence-corrected chi connectivity index (χ2v) is 7.01. The van der Waals surface area contributed by atoms with Crippen molar-refractivity contribution in [2.45, 2.75) is 37.7 Å². The van der Waals surface area contributed by atoms with Crippen molar-refractivity contribution in [2.75, 3.05) is 7.05 Å². The largest absolute Gasteiger partial charge is 0.424 e. The van der Waals surface area contributed by atoms with Gasteiger partial charge in [0.1, 0.15) is 0 Å². The Balaban J connectivity index is 1.91. The van der Waals surface area contributed by atoms with Gasteiger partial charge in [0.05, 0.1) is 5.75 Å². The van der Waals surface area contributed by atoms with Crippen molar-refractivity contribution in [3.63, 3.8) is 0 Å². The van der Waals surface area contributed by atoms with E-state index < -0.39 is 0 Å². The summed E-state index contributed by atoms with van der Waals surface area (Å²) in [6.07, 6.45) is 0. The second-order valence-electron chi connectivity index (χ2n) is 6.02. The second kappa shape index (κ2) is 6.96. The summed E-state index contributed by atoms with van der Waals surface area (Å²) in [4.78, 5) is 11.6. The minimum absolute atomic E-state index is 0.0708. The fraction of sp³-hybridized carbons (Fsp3) is 0.438. The lowest BCUT2D eigenvalue weighted by Crippen LogP contribution is -2.17. The van der Waals surface area contributed by atoms with Crippen LogP contribution in [0, 0.1) is 0 Å². The quantitative estimate of drug-likeness (QED) is 0.917. The normalized spacial score (nSPS) is 11.5. The minimum atomic E-state index is -0.127. The Labute approximate surface area is 134 Å². The molecule has 0 fully saturated rings. The number of hydrogen-bond donors (Lipinski definition) is 1. The zero-order valence-corrected chi connectivity index (χ0v) is 14.2. The maximum absolute atomic E-state index is 11.6. The Hall–Kier alpha value is -1.82. The molecule has 0 atom stereocenters. The highest BCUT2D eigenvalue weighted by atomic mass is 32.2. The molecule has 1 aromatic heterocycles. The minimum Gasteiger partial charge on any atom is -0.424 e. The zero-order valence-electron chi connectivity index (χ0n) is 13.3.